The number of carbonyl (C=O) groups excluding carboxylic acids is 1. The number of amides is 1. The van der Waals surface area contributed by atoms with Gasteiger partial charge >= 0.3 is 0 Å². The molecule has 0 radical (unpaired) electrons. The van der Waals surface area contributed by atoms with E-state index in [4.69, 9.17) is 10.7 Å². The molecule has 1 N–H and O–H groups in total. The molecule has 118 valence electrons. The second kappa shape index (κ2) is 6.71. The van der Waals surface area contributed by atoms with Crippen molar-refractivity contribution in [2.75, 3.05) is 18.1 Å². The quantitative estimate of drug-likeness (QED) is 0.763. The molecule has 0 aliphatic heterocycles. The van der Waals surface area contributed by atoms with Gasteiger partial charge in [-0.15, -0.1) is 0 Å². The molecule has 0 aliphatic rings. The van der Waals surface area contributed by atoms with Crippen molar-refractivity contribution in [2.24, 2.45) is 0 Å². The zero-order valence-electron chi connectivity index (χ0n) is 11.0. The van der Waals surface area contributed by atoms with Crippen molar-refractivity contribution in [3.8, 4) is 0 Å². The molecule has 1 aromatic rings. The fraction of sp³-hybridized carbons (Fsp3) is 0.364. The highest BCUT2D eigenvalue weighted by atomic mass is 35.7. The van der Waals surface area contributed by atoms with Gasteiger partial charge in [0.2, 0.25) is 0 Å². The van der Waals surface area contributed by atoms with Crippen molar-refractivity contribution < 1.29 is 26.0 Å². The molecule has 21 heavy (non-hydrogen) atoms. The SMILES string of the molecule is CCS(=O)(=O)CCNC(=O)c1ccc(F)c(S(=O)(=O)Cl)c1. The van der Waals surface area contributed by atoms with E-state index in [-0.39, 0.29) is 23.6 Å². The number of hydrogen-bond donors (Lipinski definition) is 1. The highest BCUT2D eigenvalue weighted by molar-refractivity contribution is 8.13. The molecule has 10 heteroatoms. The Labute approximate surface area is 126 Å². The van der Waals surface area contributed by atoms with Crippen LogP contribution in [0.25, 0.3) is 0 Å². The summed E-state index contributed by atoms with van der Waals surface area (Å²) < 4.78 is 58.1. The Morgan fingerprint density at radius 3 is 2.43 bits per heavy atom. The van der Waals surface area contributed by atoms with Gasteiger partial charge in [0.15, 0.2) is 9.84 Å². The van der Waals surface area contributed by atoms with Crippen LogP contribution in [0.5, 0.6) is 0 Å². The fourth-order valence-electron chi connectivity index (χ4n) is 1.40. The zero-order chi connectivity index (χ0) is 16.3. The molecule has 1 rings (SSSR count). The molecule has 0 aromatic heterocycles. The topological polar surface area (TPSA) is 97.4 Å². The summed E-state index contributed by atoms with van der Waals surface area (Å²) in [7, 11) is -2.50. The number of sulfone groups is 1. The van der Waals surface area contributed by atoms with Gasteiger partial charge in [0, 0.05) is 28.5 Å². The predicted octanol–water partition coefficient (Wildman–Crippen LogP) is 0.918. The van der Waals surface area contributed by atoms with Crippen LogP contribution in [0.3, 0.4) is 0 Å². The predicted molar refractivity (Wildman–Crippen MR) is 76.1 cm³/mol. The first-order valence-corrected chi connectivity index (χ1v) is 9.92. The molecule has 0 spiro atoms. The van der Waals surface area contributed by atoms with E-state index >= 15 is 0 Å². The third-order valence-corrected chi connectivity index (χ3v) is 5.64. The lowest BCUT2D eigenvalue weighted by atomic mass is 10.2. The summed E-state index contributed by atoms with van der Waals surface area (Å²) in [5, 5.41) is 2.31. The molecule has 0 bridgehead atoms. The average Bonchev–Trinajstić information content (AvgIpc) is 2.37. The van der Waals surface area contributed by atoms with Crippen molar-refractivity contribution in [3.05, 3.63) is 29.6 Å². The number of carbonyl (C=O) groups is 1. The molecule has 0 heterocycles. The second-order valence-electron chi connectivity index (χ2n) is 4.08. The largest absolute Gasteiger partial charge is 0.351 e. The minimum absolute atomic E-state index is 0.0476. The summed E-state index contributed by atoms with van der Waals surface area (Å²) in [6, 6.07) is 2.67. The molecular formula is C11H13ClFNO5S2. The van der Waals surface area contributed by atoms with Crippen LogP contribution in [0.4, 0.5) is 4.39 Å². The van der Waals surface area contributed by atoms with Crippen molar-refractivity contribution >= 4 is 35.5 Å². The first kappa shape index (κ1) is 17.9. The summed E-state index contributed by atoms with van der Waals surface area (Å²) in [6.45, 7) is 1.35. The third-order valence-electron chi connectivity index (χ3n) is 2.59. The minimum Gasteiger partial charge on any atom is -0.351 e. The number of nitrogens with one attached hydrogen (secondary N) is 1. The van der Waals surface area contributed by atoms with Gasteiger partial charge in [-0.25, -0.2) is 21.2 Å². The summed E-state index contributed by atoms with van der Waals surface area (Å²) in [5.74, 6) is -2.08. The van der Waals surface area contributed by atoms with E-state index in [1.807, 2.05) is 0 Å². The standard InChI is InChI=1S/C11H13ClFNO5S2/c1-2-20(16,17)6-5-14-11(15)8-3-4-9(13)10(7-8)21(12,18)19/h3-4,7H,2,5-6H2,1H3,(H,14,15). The fourth-order valence-corrected chi connectivity index (χ4v) is 3.02. The van der Waals surface area contributed by atoms with Gasteiger partial charge in [-0.1, -0.05) is 6.92 Å². The van der Waals surface area contributed by atoms with E-state index in [0.717, 1.165) is 18.2 Å². The highest BCUT2D eigenvalue weighted by Crippen LogP contribution is 2.20. The number of benzene rings is 1. The van der Waals surface area contributed by atoms with E-state index < -0.39 is 35.5 Å². The normalized spacial score (nSPS) is 12.1. The molecule has 6 nitrogen and oxygen atoms in total. The first-order valence-electron chi connectivity index (χ1n) is 5.79. The second-order valence-corrected chi connectivity index (χ2v) is 9.08. The van der Waals surface area contributed by atoms with Crippen molar-refractivity contribution in [1.82, 2.24) is 5.32 Å². The molecule has 0 atom stereocenters. The smallest absolute Gasteiger partial charge is 0.264 e. The molecular weight excluding hydrogens is 345 g/mol. The Hall–Kier alpha value is -1.19. The van der Waals surface area contributed by atoms with E-state index in [1.165, 1.54) is 6.92 Å². The monoisotopic (exact) mass is 357 g/mol. The van der Waals surface area contributed by atoms with Crippen molar-refractivity contribution in [3.63, 3.8) is 0 Å². The summed E-state index contributed by atoms with van der Waals surface area (Å²) in [6.07, 6.45) is 0. The maximum Gasteiger partial charge on any atom is 0.264 e. The Balaban J connectivity index is 2.85. The van der Waals surface area contributed by atoms with Gasteiger partial charge in [-0.2, -0.15) is 0 Å². The Morgan fingerprint density at radius 2 is 1.90 bits per heavy atom. The molecule has 1 amide bonds. The number of hydrogen-bond acceptors (Lipinski definition) is 5. The zero-order valence-corrected chi connectivity index (χ0v) is 13.4. The van der Waals surface area contributed by atoms with Crippen LogP contribution in [-0.2, 0) is 18.9 Å². The molecule has 0 aliphatic carbocycles. The van der Waals surface area contributed by atoms with Crippen LogP contribution in [0, 0.1) is 5.82 Å². The van der Waals surface area contributed by atoms with Gasteiger partial charge in [0.25, 0.3) is 15.0 Å². The lowest BCUT2D eigenvalue weighted by Crippen LogP contribution is -2.29. The van der Waals surface area contributed by atoms with Crippen LogP contribution in [0.2, 0.25) is 0 Å². The van der Waals surface area contributed by atoms with Crippen LogP contribution in [0.15, 0.2) is 23.1 Å². The van der Waals surface area contributed by atoms with Gasteiger partial charge < -0.3 is 5.32 Å². The summed E-state index contributed by atoms with van der Waals surface area (Å²) in [4.78, 5) is 10.9. The van der Waals surface area contributed by atoms with E-state index in [9.17, 15) is 26.0 Å². The number of rotatable bonds is 6. The summed E-state index contributed by atoms with van der Waals surface area (Å²) >= 11 is 0. The maximum absolute atomic E-state index is 13.3. The minimum atomic E-state index is -4.32. The van der Waals surface area contributed by atoms with Gasteiger partial charge in [-0.3, -0.25) is 4.79 Å². The summed E-state index contributed by atoms with van der Waals surface area (Å²) in [5.41, 5.74) is -0.135. The van der Waals surface area contributed by atoms with E-state index in [2.05, 4.69) is 5.32 Å². The van der Waals surface area contributed by atoms with Crippen LogP contribution in [-0.4, -0.2) is 40.8 Å². The molecule has 0 fully saturated rings. The third kappa shape index (κ3) is 5.25. The highest BCUT2D eigenvalue weighted by Gasteiger charge is 2.19. The van der Waals surface area contributed by atoms with Gasteiger partial charge in [-0.05, 0) is 18.2 Å². The van der Waals surface area contributed by atoms with E-state index in [1.54, 1.807) is 0 Å². The lowest BCUT2D eigenvalue weighted by Gasteiger charge is -2.06. The Kier molecular flexibility index (Phi) is 5.71. The Bertz CT molecular complexity index is 746. The molecule has 0 saturated carbocycles. The van der Waals surface area contributed by atoms with Crippen LogP contribution in [0.1, 0.15) is 17.3 Å². The molecule has 1 aromatic carbocycles. The van der Waals surface area contributed by atoms with Gasteiger partial charge in [0.1, 0.15) is 10.7 Å². The van der Waals surface area contributed by atoms with Crippen molar-refractivity contribution in [2.45, 2.75) is 11.8 Å². The van der Waals surface area contributed by atoms with Crippen molar-refractivity contribution in [1.29, 1.82) is 0 Å². The molecule has 0 saturated heterocycles. The van der Waals surface area contributed by atoms with Gasteiger partial charge in [0.05, 0.1) is 5.75 Å². The van der Waals surface area contributed by atoms with Crippen LogP contribution >= 0.6 is 10.7 Å². The lowest BCUT2D eigenvalue weighted by molar-refractivity contribution is 0.0956. The average molecular weight is 358 g/mol. The Morgan fingerprint density at radius 1 is 1.29 bits per heavy atom. The maximum atomic E-state index is 13.3. The molecule has 0 unspecified atom stereocenters. The van der Waals surface area contributed by atoms with Crippen LogP contribution < -0.4 is 5.32 Å². The van der Waals surface area contributed by atoms with E-state index in [0.29, 0.717) is 0 Å². The first-order chi connectivity index (χ1) is 9.57. The number of halogens is 2.